The summed E-state index contributed by atoms with van der Waals surface area (Å²) in [6.07, 6.45) is 0. The van der Waals surface area contributed by atoms with Gasteiger partial charge in [-0.05, 0) is 12.1 Å². The number of halogens is 1. The molecule has 0 aliphatic rings. The second kappa shape index (κ2) is 5.71. The van der Waals surface area contributed by atoms with Crippen LogP contribution in [-0.4, -0.2) is 20.6 Å². The number of hydrogen-bond acceptors (Lipinski definition) is 3. The minimum Gasteiger partial charge on any atom is -0.508 e. The lowest BCUT2D eigenvalue weighted by atomic mass is 10.3. The Kier molecular flexibility index (Phi) is 5.28. The maximum atomic E-state index is 8.69. The molecule has 4 heteroatoms. The Balaban J connectivity index is 0.000000354. The van der Waals surface area contributed by atoms with E-state index in [4.69, 9.17) is 15.3 Å². The number of rotatable bonds is 0. The van der Waals surface area contributed by atoms with Crippen molar-refractivity contribution >= 4 is 15.9 Å². The first-order chi connectivity index (χ1) is 5.61. The highest BCUT2D eigenvalue weighted by molar-refractivity contribution is 9.09. The van der Waals surface area contributed by atoms with E-state index in [1.807, 2.05) is 6.92 Å². The van der Waals surface area contributed by atoms with Gasteiger partial charge in [-0.25, -0.2) is 0 Å². The molecule has 0 spiro atoms. The molecule has 0 aliphatic carbocycles. The minimum atomic E-state index is -0.310. The first-order valence-corrected chi connectivity index (χ1v) is 4.50. The number of phenols is 3. The molecule has 0 radical (unpaired) electrons. The van der Waals surface area contributed by atoms with E-state index in [9.17, 15) is 0 Å². The van der Waals surface area contributed by atoms with Gasteiger partial charge in [-0.15, -0.1) is 0 Å². The van der Waals surface area contributed by atoms with Crippen LogP contribution in [0.4, 0.5) is 0 Å². The number of hydrogen-bond donors (Lipinski definition) is 3. The molecule has 1 aromatic rings. The van der Waals surface area contributed by atoms with Crippen molar-refractivity contribution in [3.8, 4) is 17.2 Å². The molecular formula is C8H11BrO3. The van der Waals surface area contributed by atoms with Crippen molar-refractivity contribution in [1.29, 1.82) is 0 Å². The highest BCUT2D eigenvalue weighted by Gasteiger charge is 1.96. The minimum absolute atomic E-state index is 0.0645. The van der Waals surface area contributed by atoms with Crippen molar-refractivity contribution in [3.05, 3.63) is 18.2 Å². The largest absolute Gasteiger partial charge is 0.508 e. The predicted molar refractivity (Wildman–Crippen MR) is 50.9 cm³/mol. The molecule has 0 aliphatic heterocycles. The van der Waals surface area contributed by atoms with Gasteiger partial charge in [-0.3, -0.25) is 0 Å². The SMILES string of the molecule is CCBr.Oc1ccc(O)c(O)c1. The van der Waals surface area contributed by atoms with Crippen LogP contribution in [0.15, 0.2) is 18.2 Å². The molecule has 0 unspecified atom stereocenters. The van der Waals surface area contributed by atoms with Crippen LogP contribution in [0, 0.1) is 0 Å². The monoisotopic (exact) mass is 234 g/mol. The van der Waals surface area contributed by atoms with Gasteiger partial charge in [0.05, 0.1) is 0 Å². The van der Waals surface area contributed by atoms with Crippen LogP contribution in [0.5, 0.6) is 17.2 Å². The molecule has 0 amide bonds. The Morgan fingerprint density at radius 1 is 1.17 bits per heavy atom. The van der Waals surface area contributed by atoms with Crippen molar-refractivity contribution < 1.29 is 15.3 Å². The Morgan fingerprint density at radius 3 is 2.00 bits per heavy atom. The van der Waals surface area contributed by atoms with Gasteiger partial charge >= 0.3 is 0 Å². The molecule has 1 aromatic carbocycles. The summed E-state index contributed by atoms with van der Waals surface area (Å²) < 4.78 is 0. The summed E-state index contributed by atoms with van der Waals surface area (Å²) in [4.78, 5) is 0. The van der Waals surface area contributed by atoms with E-state index in [0.717, 1.165) is 11.4 Å². The van der Waals surface area contributed by atoms with Crippen LogP contribution in [-0.2, 0) is 0 Å². The number of benzene rings is 1. The fraction of sp³-hybridized carbons (Fsp3) is 0.250. The van der Waals surface area contributed by atoms with Crippen molar-refractivity contribution in [1.82, 2.24) is 0 Å². The first-order valence-electron chi connectivity index (χ1n) is 3.38. The van der Waals surface area contributed by atoms with Gasteiger partial charge in [-0.2, -0.15) is 0 Å². The molecule has 0 aromatic heterocycles. The van der Waals surface area contributed by atoms with Crippen LogP contribution < -0.4 is 0 Å². The van der Waals surface area contributed by atoms with E-state index in [0.29, 0.717) is 0 Å². The van der Waals surface area contributed by atoms with Crippen LogP contribution in [0.25, 0.3) is 0 Å². The topological polar surface area (TPSA) is 60.7 Å². The lowest BCUT2D eigenvalue weighted by Crippen LogP contribution is -1.66. The average molecular weight is 235 g/mol. The predicted octanol–water partition coefficient (Wildman–Crippen LogP) is 2.20. The molecule has 12 heavy (non-hydrogen) atoms. The van der Waals surface area contributed by atoms with Gasteiger partial charge in [0.1, 0.15) is 5.75 Å². The Bertz CT molecular complexity index is 238. The molecule has 68 valence electrons. The lowest BCUT2D eigenvalue weighted by Gasteiger charge is -1.95. The standard InChI is InChI=1S/C6H6O3.C2H5Br/c7-4-1-2-5(8)6(9)3-4;1-2-3/h1-3,7-9H;2H2,1H3. The summed E-state index contributed by atoms with van der Waals surface area (Å²) in [6, 6.07) is 3.56. The summed E-state index contributed by atoms with van der Waals surface area (Å²) in [5.74, 6) is -0.604. The summed E-state index contributed by atoms with van der Waals surface area (Å²) in [5.41, 5.74) is 0. The molecule has 3 nitrogen and oxygen atoms in total. The van der Waals surface area contributed by atoms with Gasteiger partial charge in [0.2, 0.25) is 0 Å². The summed E-state index contributed by atoms with van der Waals surface area (Å²) >= 11 is 3.15. The van der Waals surface area contributed by atoms with E-state index in [1.165, 1.54) is 12.1 Å². The summed E-state index contributed by atoms with van der Waals surface area (Å²) in [6.45, 7) is 2.04. The van der Waals surface area contributed by atoms with E-state index in [-0.39, 0.29) is 17.2 Å². The molecule has 0 saturated heterocycles. The highest BCUT2D eigenvalue weighted by atomic mass is 79.9. The zero-order valence-electron chi connectivity index (χ0n) is 6.66. The van der Waals surface area contributed by atoms with Gasteiger partial charge in [-0.1, -0.05) is 22.9 Å². The third kappa shape index (κ3) is 4.08. The normalized spacial score (nSPS) is 8.50. The van der Waals surface area contributed by atoms with E-state index in [1.54, 1.807) is 0 Å². The third-order valence-electron chi connectivity index (χ3n) is 0.959. The van der Waals surface area contributed by atoms with Crippen LogP contribution in [0.2, 0.25) is 0 Å². The quantitative estimate of drug-likeness (QED) is 0.367. The molecule has 0 fully saturated rings. The molecular weight excluding hydrogens is 224 g/mol. The second-order valence-electron chi connectivity index (χ2n) is 1.94. The van der Waals surface area contributed by atoms with Gasteiger partial charge in [0, 0.05) is 11.4 Å². The maximum Gasteiger partial charge on any atom is 0.161 e. The third-order valence-corrected chi connectivity index (χ3v) is 0.959. The summed E-state index contributed by atoms with van der Waals surface area (Å²) in [7, 11) is 0. The molecule has 1 rings (SSSR count). The molecule has 3 N–H and O–H groups in total. The lowest BCUT2D eigenvalue weighted by molar-refractivity contribution is 0.396. The van der Waals surface area contributed by atoms with Crippen molar-refractivity contribution in [2.45, 2.75) is 6.92 Å². The van der Waals surface area contributed by atoms with Crippen LogP contribution >= 0.6 is 15.9 Å². The molecule has 0 bridgehead atoms. The van der Waals surface area contributed by atoms with Crippen LogP contribution in [0.3, 0.4) is 0 Å². The van der Waals surface area contributed by atoms with E-state index < -0.39 is 0 Å². The zero-order chi connectivity index (χ0) is 9.56. The molecule has 0 heterocycles. The Hall–Kier alpha value is -0.900. The number of alkyl halides is 1. The highest BCUT2D eigenvalue weighted by Crippen LogP contribution is 2.27. The van der Waals surface area contributed by atoms with Crippen LogP contribution in [0.1, 0.15) is 6.92 Å². The van der Waals surface area contributed by atoms with Gasteiger partial charge < -0.3 is 15.3 Å². The van der Waals surface area contributed by atoms with Crippen molar-refractivity contribution in [2.75, 3.05) is 5.33 Å². The van der Waals surface area contributed by atoms with E-state index in [2.05, 4.69) is 15.9 Å². The fourth-order valence-electron chi connectivity index (χ4n) is 0.512. The smallest absolute Gasteiger partial charge is 0.161 e. The zero-order valence-corrected chi connectivity index (χ0v) is 8.24. The number of phenolic OH excluding ortho intramolecular Hbond substituents is 3. The molecule has 0 saturated carbocycles. The maximum absolute atomic E-state index is 8.69. The van der Waals surface area contributed by atoms with Gasteiger partial charge in [0.15, 0.2) is 11.5 Å². The second-order valence-corrected chi connectivity index (χ2v) is 3.06. The average Bonchev–Trinajstić information content (AvgIpc) is 1.99. The van der Waals surface area contributed by atoms with E-state index >= 15 is 0 Å². The van der Waals surface area contributed by atoms with Gasteiger partial charge in [0.25, 0.3) is 0 Å². The molecule has 0 atom stereocenters. The Morgan fingerprint density at radius 2 is 1.67 bits per heavy atom. The fourth-order valence-corrected chi connectivity index (χ4v) is 0.512. The Labute approximate surface area is 79.4 Å². The number of aromatic hydroxyl groups is 3. The summed E-state index contributed by atoms with van der Waals surface area (Å²) in [5, 5.41) is 27.1. The van der Waals surface area contributed by atoms with Crippen molar-refractivity contribution in [2.24, 2.45) is 0 Å². The van der Waals surface area contributed by atoms with Crippen molar-refractivity contribution in [3.63, 3.8) is 0 Å². The first kappa shape index (κ1) is 11.1.